The van der Waals surface area contributed by atoms with Crippen LogP contribution in [0.3, 0.4) is 0 Å². The number of amides is 1. The number of carbonyl (C=O) groups excluding carboxylic acids is 1. The highest BCUT2D eigenvalue weighted by atomic mass is 16.2. The van der Waals surface area contributed by atoms with Crippen LogP contribution in [0.4, 0.5) is 5.82 Å². The van der Waals surface area contributed by atoms with Crippen molar-refractivity contribution < 1.29 is 4.79 Å². The number of carbonyl (C=O) groups is 1. The second-order valence-electron chi connectivity index (χ2n) is 6.49. The van der Waals surface area contributed by atoms with E-state index in [1.165, 1.54) is 12.8 Å². The molecule has 1 amide bonds. The molecule has 7 nitrogen and oxygen atoms in total. The summed E-state index contributed by atoms with van der Waals surface area (Å²) in [6, 6.07) is 5.82. The van der Waals surface area contributed by atoms with Crippen molar-refractivity contribution in [2.24, 2.45) is 0 Å². The van der Waals surface area contributed by atoms with Crippen molar-refractivity contribution >= 4 is 11.7 Å². The summed E-state index contributed by atoms with van der Waals surface area (Å²) < 4.78 is 1.89. The molecule has 2 aromatic rings. The largest absolute Gasteiger partial charge is 0.355 e. The van der Waals surface area contributed by atoms with Gasteiger partial charge >= 0.3 is 0 Å². The van der Waals surface area contributed by atoms with Gasteiger partial charge in [0.15, 0.2) is 11.5 Å². The van der Waals surface area contributed by atoms with Crippen LogP contribution in [0.5, 0.6) is 0 Å². The maximum Gasteiger partial charge on any atom is 0.274 e. The minimum absolute atomic E-state index is 0.0230. The Kier molecular flexibility index (Phi) is 4.15. The zero-order valence-corrected chi connectivity index (χ0v) is 13.7. The van der Waals surface area contributed by atoms with E-state index in [9.17, 15) is 4.79 Å². The summed E-state index contributed by atoms with van der Waals surface area (Å²) in [5.74, 6) is 0.851. The van der Waals surface area contributed by atoms with Crippen molar-refractivity contribution in [1.29, 1.82) is 0 Å². The van der Waals surface area contributed by atoms with E-state index in [0.717, 1.165) is 44.8 Å². The van der Waals surface area contributed by atoms with Gasteiger partial charge in [0, 0.05) is 32.0 Å². The Morgan fingerprint density at radius 1 is 1.12 bits per heavy atom. The molecule has 0 spiro atoms. The van der Waals surface area contributed by atoms with E-state index in [-0.39, 0.29) is 11.9 Å². The standard InChI is InChI=1S/C17H22N6O/c24-17(15-6-7-16(20-19-15)21-9-1-2-10-21)23-12-3-5-14(23)13-22-11-4-8-18-22/h4,6-8,11,14H,1-3,5,9-10,12-13H2/t14-/m1/s1. The zero-order valence-electron chi connectivity index (χ0n) is 13.7. The van der Waals surface area contributed by atoms with E-state index >= 15 is 0 Å². The molecule has 126 valence electrons. The fraction of sp³-hybridized carbons (Fsp3) is 0.529. The van der Waals surface area contributed by atoms with Crippen molar-refractivity contribution in [3.63, 3.8) is 0 Å². The van der Waals surface area contributed by atoms with E-state index in [1.807, 2.05) is 34.0 Å². The first-order valence-electron chi connectivity index (χ1n) is 8.68. The fourth-order valence-corrected chi connectivity index (χ4v) is 3.62. The quantitative estimate of drug-likeness (QED) is 0.853. The van der Waals surface area contributed by atoms with Gasteiger partial charge < -0.3 is 9.80 Å². The van der Waals surface area contributed by atoms with Gasteiger partial charge in [-0.05, 0) is 43.9 Å². The van der Waals surface area contributed by atoms with Crippen LogP contribution in [0, 0.1) is 0 Å². The van der Waals surface area contributed by atoms with Gasteiger partial charge in [-0.1, -0.05) is 0 Å². The molecule has 0 radical (unpaired) electrons. The lowest BCUT2D eigenvalue weighted by atomic mass is 10.2. The van der Waals surface area contributed by atoms with Crippen molar-refractivity contribution in [2.45, 2.75) is 38.3 Å². The molecule has 1 atom stereocenters. The van der Waals surface area contributed by atoms with Crippen molar-refractivity contribution in [2.75, 3.05) is 24.5 Å². The lowest BCUT2D eigenvalue weighted by molar-refractivity contribution is 0.0714. The second-order valence-corrected chi connectivity index (χ2v) is 6.49. The van der Waals surface area contributed by atoms with Crippen LogP contribution < -0.4 is 4.90 Å². The molecule has 0 N–H and O–H groups in total. The fourth-order valence-electron chi connectivity index (χ4n) is 3.62. The van der Waals surface area contributed by atoms with Crippen LogP contribution in [-0.4, -0.2) is 56.5 Å². The summed E-state index contributed by atoms with van der Waals surface area (Å²) in [4.78, 5) is 16.9. The first kappa shape index (κ1) is 15.1. The molecule has 0 unspecified atom stereocenters. The Morgan fingerprint density at radius 3 is 2.71 bits per heavy atom. The van der Waals surface area contributed by atoms with Crippen LogP contribution in [-0.2, 0) is 6.54 Å². The molecule has 4 rings (SSSR count). The third kappa shape index (κ3) is 2.98. The molecule has 4 heterocycles. The highest BCUT2D eigenvalue weighted by Crippen LogP contribution is 2.22. The Bertz CT molecular complexity index is 678. The monoisotopic (exact) mass is 326 g/mol. The predicted octanol–water partition coefficient (Wildman–Crippen LogP) is 1.58. The zero-order chi connectivity index (χ0) is 16.4. The van der Waals surface area contributed by atoms with Gasteiger partial charge in [0.05, 0.1) is 12.6 Å². The van der Waals surface area contributed by atoms with Crippen LogP contribution in [0.1, 0.15) is 36.2 Å². The molecular formula is C17H22N6O. The molecule has 2 saturated heterocycles. The minimum Gasteiger partial charge on any atom is -0.355 e. The molecule has 2 fully saturated rings. The van der Waals surface area contributed by atoms with Gasteiger partial charge in [-0.15, -0.1) is 10.2 Å². The first-order chi connectivity index (χ1) is 11.8. The number of anilines is 1. The average Bonchev–Trinajstić information content (AvgIpc) is 3.37. The lowest BCUT2D eigenvalue weighted by Gasteiger charge is -2.24. The van der Waals surface area contributed by atoms with Crippen molar-refractivity contribution in [3.8, 4) is 0 Å². The van der Waals surface area contributed by atoms with Crippen LogP contribution >= 0.6 is 0 Å². The van der Waals surface area contributed by atoms with E-state index < -0.39 is 0 Å². The molecule has 7 heteroatoms. The summed E-state index contributed by atoms with van der Waals surface area (Å²) in [5, 5.41) is 12.7. The van der Waals surface area contributed by atoms with Gasteiger partial charge in [0.1, 0.15) is 0 Å². The van der Waals surface area contributed by atoms with Gasteiger partial charge in [-0.3, -0.25) is 9.48 Å². The van der Waals surface area contributed by atoms with Gasteiger partial charge in [0.25, 0.3) is 5.91 Å². The molecule has 24 heavy (non-hydrogen) atoms. The van der Waals surface area contributed by atoms with E-state index in [4.69, 9.17) is 0 Å². The van der Waals surface area contributed by atoms with Crippen molar-refractivity contribution in [3.05, 3.63) is 36.3 Å². The minimum atomic E-state index is -0.0230. The van der Waals surface area contributed by atoms with Crippen molar-refractivity contribution in [1.82, 2.24) is 24.9 Å². The maximum atomic E-state index is 12.8. The predicted molar refractivity (Wildman–Crippen MR) is 89.8 cm³/mol. The SMILES string of the molecule is O=C(c1ccc(N2CCCC2)nn1)N1CCC[C@@H]1Cn1cccn1. The van der Waals surface area contributed by atoms with E-state index in [1.54, 1.807) is 6.20 Å². The average molecular weight is 326 g/mol. The second kappa shape index (κ2) is 6.59. The van der Waals surface area contributed by atoms with Crippen LogP contribution in [0.15, 0.2) is 30.6 Å². The molecule has 0 bridgehead atoms. The number of aromatic nitrogens is 4. The Hall–Kier alpha value is -2.44. The number of likely N-dealkylation sites (tertiary alicyclic amines) is 1. The highest BCUT2D eigenvalue weighted by molar-refractivity contribution is 5.92. The summed E-state index contributed by atoms with van der Waals surface area (Å²) in [6.45, 7) is 3.57. The first-order valence-corrected chi connectivity index (χ1v) is 8.68. The van der Waals surface area contributed by atoms with Crippen LogP contribution in [0.2, 0.25) is 0 Å². The van der Waals surface area contributed by atoms with E-state index in [2.05, 4.69) is 20.2 Å². The molecule has 2 aliphatic rings. The van der Waals surface area contributed by atoms with Gasteiger partial charge in [-0.2, -0.15) is 5.10 Å². The molecule has 2 aromatic heterocycles. The third-order valence-corrected chi connectivity index (χ3v) is 4.89. The summed E-state index contributed by atoms with van der Waals surface area (Å²) in [5.41, 5.74) is 0.435. The smallest absolute Gasteiger partial charge is 0.274 e. The maximum absolute atomic E-state index is 12.8. The molecule has 2 aliphatic heterocycles. The topological polar surface area (TPSA) is 67.2 Å². The summed E-state index contributed by atoms with van der Waals surface area (Å²) in [7, 11) is 0. The Morgan fingerprint density at radius 2 is 2.00 bits per heavy atom. The van der Waals surface area contributed by atoms with Gasteiger partial charge in [-0.25, -0.2) is 0 Å². The Balaban J connectivity index is 1.45. The normalized spacial score (nSPS) is 20.8. The number of hydrogen-bond acceptors (Lipinski definition) is 5. The van der Waals surface area contributed by atoms with E-state index in [0.29, 0.717) is 5.69 Å². The Labute approximate surface area is 141 Å². The number of nitrogens with zero attached hydrogens (tertiary/aromatic N) is 6. The lowest BCUT2D eigenvalue weighted by Crippen LogP contribution is -2.38. The summed E-state index contributed by atoms with van der Waals surface area (Å²) in [6.07, 6.45) is 8.13. The highest BCUT2D eigenvalue weighted by Gasteiger charge is 2.30. The summed E-state index contributed by atoms with van der Waals surface area (Å²) >= 11 is 0. The molecule has 0 saturated carbocycles. The number of hydrogen-bond donors (Lipinski definition) is 0. The van der Waals surface area contributed by atoms with Crippen LogP contribution in [0.25, 0.3) is 0 Å². The van der Waals surface area contributed by atoms with Gasteiger partial charge in [0.2, 0.25) is 0 Å². The third-order valence-electron chi connectivity index (χ3n) is 4.89. The molecule has 0 aliphatic carbocycles. The molecule has 0 aromatic carbocycles. The number of rotatable bonds is 4. The molecular weight excluding hydrogens is 304 g/mol.